The van der Waals surface area contributed by atoms with Crippen LogP contribution in [0.5, 0.6) is 0 Å². The van der Waals surface area contributed by atoms with E-state index in [9.17, 15) is 14.4 Å². The first-order valence-electron chi connectivity index (χ1n) is 16.6. The molecular weight excluding hydrogens is 649 g/mol. The number of hydrogen-bond donors (Lipinski definition) is 0. The lowest BCUT2D eigenvalue weighted by atomic mass is 10.2. The summed E-state index contributed by atoms with van der Waals surface area (Å²) < 4.78 is 30.8. The molecule has 0 unspecified atom stereocenters. The second-order valence-electron chi connectivity index (χ2n) is 13.8. The first-order chi connectivity index (χ1) is 22.2. The third-order valence-electron chi connectivity index (χ3n) is 9.42. The molecule has 0 amide bonds. The van der Waals surface area contributed by atoms with Crippen molar-refractivity contribution in [3.8, 4) is 0 Å². The molecule has 12 heteroatoms. The highest BCUT2D eigenvalue weighted by atomic mass is 32.2. The zero-order chi connectivity index (χ0) is 34.3. The molecule has 0 bridgehead atoms. The van der Waals surface area contributed by atoms with Gasteiger partial charge in [-0.05, 0) is 53.4 Å². The van der Waals surface area contributed by atoms with Gasteiger partial charge in [0.25, 0.3) is 11.5 Å². The van der Waals surface area contributed by atoms with Gasteiger partial charge >= 0.3 is 22.8 Å². The average molecular weight is 697 g/mol. The number of ether oxygens (including phenoxy) is 1. The zero-order valence-corrected chi connectivity index (χ0v) is 31.7. The summed E-state index contributed by atoms with van der Waals surface area (Å²) in [7, 11) is -5.85. The molecule has 1 aromatic heterocycles. The number of hydrogen-bond acceptors (Lipinski definition) is 8. The third kappa shape index (κ3) is 6.58. The summed E-state index contributed by atoms with van der Waals surface area (Å²) in [6, 6.07) is 18.3. The monoisotopic (exact) mass is 696 g/mol. The highest BCUT2D eigenvalue weighted by Gasteiger charge is 2.62. The van der Waals surface area contributed by atoms with E-state index >= 15 is 0 Å². The normalized spacial score (nSPS) is 24.0. The van der Waals surface area contributed by atoms with Crippen LogP contribution in [0.25, 0.3) is 0 Å². The van der Waals surface area contributed by atoms with Crippen LogP contribution in [-0.2, 0) is 17.7 Å². The second kappa shape index (κ2) is 14.1. The van der Waals surface area contributed by atoms with Gasteiger partial charge in [0, 0.05) is 22.2 Å². The number of aromatic nitrogens is 2. The van der Waals surface area contributed by atoms with E-state index < -0.39 is 58.0 Å². The Hall–Kier alpha value is -2.59. The maximum Gasteiger partial charge on any atom is 0.340 e. The highest BCUT2D eigenvalue weighted by Crippen LogP contribution is 2.50. The van der Waals surface area contributed by atoms with Gasteiger partial charge in [0.05, 0.1) is 18.0 Å². The van der Waals surface area contributed by atoms with Crippen LogP contribution in [0.2, 0.25) is 22.2 Å². The molecule has 9 nitrogen and oxygen atoms in total. The summed E-state index contributed by atoms with van der Waals surface area (Å²) in [6.07, 6.45) is -0.365. The summed E-state index contributed by atoms with van der Waals surface area (Å²) in [5, 5.41) is -0.430. The van der Waals surface area contributed by atoms with Crippen molar-refractivity contribution in [1.29, 1.82) is 0 Å². The van der Waals surface area contributed by atoms with Gasteiger partial charge in [0.15, 0.2) is 6.23 Å². The predicted molar refractivity (Wildman–Crippen MR) is 190 cm³/mol. The summed E-state index contributed by atoms with van der Waals surface area (Å²) >= 11 is 1.56. The number of nitrogens with zero attached hydrogens (tertiary/aromatic N) is 2. The Morgan fingerprint density at radius 2 is 1.38 bits per heavy atom. The van der Waals surface area contributed by atoms with Crippen LogP contribution in [0.1, 0.15) is 77.5 Å². The zero-order valence-electron chi connectivity index (χ0n) is 28.8. The first-order valence-corrected chi connectivity index (χ1v) is 21.4. The molecule has 2 aliphatic rings. The van der Waals surface area contributed by atoms with E-state index in [2.05, 4.69) is 55.4 Å². The number of carbonyl (C=O) groups is 1. The molecule has 2 aliphatic heterocycles. The molecule has 0 N–H and O–H groups in total. The molecule has 2 fully saturated rings. The molecule has 3 aromatic rings. The van der Waals surface area contributed by atoms with Crippen molar-refractivity contribution in [2.24, 2.45) is 0 Å². The molecule has 3 heterocycles. The van der Waals surface area contributed by atoms with Crippen molar-refractivity contribution >= 4 is 34.8 Å². The minimum absolute atomic E-state index is 0.103. The van der Waals surface area contributed by atoms with E-state index in [1.165, 1.54) is 10.8 Å². The number of thioether (sulfide) groups is 1. The molecule has 0 aliphatic carbocycles. The van der Waals surface area contributed by atoms with Crippen molar-refractivity contribution < 1.29 is 22.5 Å². The van der Waals surface area contributed by atoms with E-state index in [4.69, 9.17) is 17.7 Å². The van der Waals surface area contributed by atoms with Crippen molar-refractivity contribution in [3.63, 3.8) is 0 Å². The molecule has 5 rings (SSSR count). The van der Waals surface area contributed by atoms with Crippen molar-refractivity contribution in [2.75, 3.05) is 6.61 Å². The fourth-order valence-corrected chi connectivity index (χ4v) is 19.5. The van der Waals surface area contributed by atoms with Crippen LogP contribution in [0, 0.1) is 6.92 Å². The van der Waals surface area contributed by atoms with E-state index in [1.54, 1.807) is 49.0 Å². The molecule has 0 radical (unpaired) electrons. The molecule has 2 aromatic carbocycles. The smallest absolute Gasteiger partial charge is 0.340 e. The molecule has 47 heavy (non-hydrogen) atoms. The van der Waals surface area contributed by atoms with E-state index in [-0.39, 0.29) is 39.9 Å². The van der Waals surface area contributed by atoms with Crippen LogP contribution >= 0.6 is 11.8 Å². The highest BCUT2D eigenvalue weighted by molar-refractivity contribution is 8.00. The Balaban J connectivity index is 1.69. The maximum atomic E-state index is 14.2. The van der Waals surface area contributed by atoms with Gasteiger partial charge in [-0.2, -0.15) is 4.57 Å². The number of aryl methyl sites for hydroxylation is 1. The fraction of sp³-hybridized carbons (Fsp3) is 0.514. The van der Waals surface area contributed by atoms with Gasteiger partial charge < -0.3 is 17.7 Å². The van der Waals surface area contributed by atoms with Gasteiger partial charge in [0.1, 0.15) is 6.10 Å². The molecular formula is C35H48N2O7SSi2. The van der Waals surface area contributed by atoms with Gasteiger partial charge in [-0.3, -0.25) is 14.2 Å². The van der Waals surface area contributed by atoms with Crippen LogP contribution < -0.4 is 11.2 Å². The SMILES string of the molecule is Cc1cn([C@H]2O[C@@H]3CO[Si](C(C)C)(C(C)C)O[Si](C(C)C)(C(C)C)O[C@H]3[C@@H]2Sc2ccccc2)c(=O)n(C(=O)c2ccccc2)c1=O. The lowest BCUT2D eigenvalue weighted by Gasteiger charge is -2.51. The summed E-state index contributed by atoms with van der Waals surface area (Å²) in [5.74, 6) is -0.682. The lowest BCUT2D eigenvalue weighted by molar-refractivity contribution is -0.0567. The Kier molecular flexibility index (Phi) is 10.7. The minimum atomic E-state index is -3.02. The molecule has 0 spiro atoms. The van der Waals surface area contributed by atoms with Gasteiger partial charge in [-0.15, -0.1) is 11.8 Å². The predicted octanol–water partition coefficient (Wildman–Crippen LogP) is 7.02. The van der Waals surface area contributed by atoms with E-state index in [0.717, 1.165) is 9.46 Å². The maximum absolute atomic E-state index is 14.2. The summed E-state index contributed by atoms with van der Waals surface area (Å²) in [4.78, 5) is 42.2. The third-order valence-corrected chi connectivity index (χ3v) is 21.0. The van der Waals surface area contributed by atoms with Crippen molar-refractivity contribution in [2.45, 2.75) is 113 Å². The van der Waals surface area contributed by atoms with Crippen molar-refractivity contribution in [3.05, 3.63) is 98.8 Å². The Morgan fingerprint density at radius 1 is 0.830 bits per heavy atom. The van der Waals surface area contributed by atoms with Gasteiger partial charge in [-0.25, -0.2) is 4.79 Å². The lowest BCUT2D eigenvalue weighted by Crippen LogP contribution is -2.65. The topological polar surface area (TPSA) is 98.0 Å². The Bertz CT molecular complexity index is 1660. The number of rotatable bonds is 8. The number of benzene rings is 2. The van der Waals surface area contributed by atoms with Crippen LogP contribution in [-0.4, -0.2) is 56.2 Å². The quantitative estimate of drug-likeness (QED) is 0.232. The molecule has 4 atom stereocenters. The van der Waals surface area contributed by atoms with Gasteiger partial charge in [-0.1, -0.05) is 91.8 Å². The average Bonchev–Trinajstić information content (AvgIpc) is 3.34. The number of carbonyl (C=O) groups excluding carboxylic acids is 1. The Morgan fingerprint density at radius 3 is 1.94 bits per heavy atom. The van der Waals surface area contributed by atoms with E-state index in [1.807, 2.05) is 30.3 Å². The molecule has 2 saturated heterocycles. The summed E-state index contributed by atoms with van der Waals surface area (Å²) in [5.41, 5.74) is -0.376. The molecule has 0 saturated carbocycles. The van der Waals surface area contributed by atoms with Gasteiger partial charge in [0.2, 0.25) is 0 Å². The second-order valence-corrected chi connectivity index (χ2v) is 23.9. The van der Waals surface area contributed by atoms with E-state index in [0.29, 0.717) is 0 Å². The first kappa shape index (κ1) is 35.7. The summed E-state index contributed by atoms with van der Waals surface area (Å²) in [6.45, 7) is 19.2. The van der Waals surface area contributed by atoms with Crippen molar-refractivity contribution in [1.82, 2.24) is 9.13 Å². The van der Waals surface area contributed by atoms with Crippen LogP contribution in [0.4, 0.5) is 0 Å². The molecule has 254 valence electrons. The minimum Gasteiger partial charge on any atom is -0.414 e. The number of fused-ring (bicyclic) bond motifs is 1. The standard InChI is InChI=1S/C35H48N2O7SSi2/c1-22(2)46(23(3)4)41-21-29-30(43-47(44-46,24(5)6)25(7)8)31(45-28-18-14-11-15-19-28)34(42-29)36-20-26(9)32(38)37(35(36)40)33(39)27-16-12-10-13-17-27/h10-20,22-25,29-31,34H,21H2,1-9H3/t29-,30-,31+,34+/m1/s1. The van der Waals surface area contributed by atoms with Crippen LogP contribution in [0.15, 0.2) is 81.3 Å². The van der Waals surface area contributed by atoms with Crippen LogP contribution in [0.3, 0.4) is 0 Å². The fourth-order valence-electron chi connectivity index (χ4n) is 6.90. The largest absolute Gasteiger partial charge is 0.414 e. The Labute approximate surface area is 284 Å².